The highest BCUT2D eigenvalue weighted by molar-refractivity contribution is 5.92. The molecule has 5 nitrogen and oxygen atoms in total. The molecular weight excluding hydrogens is 302 g/mol. The van der Waals surface area contributed by atoms with Crippen molar-refractivity contribution < 1.29 is 9.59 Å². The zero-order valence-corrected chi connectivity index (χ0v) is 13.9. The minimum absolute atomic E-state index is 0.111. The summed E-state index contributed by atoms with van der Waals surface area (Å²) in [5.74, 6) is 2.34. The van der Waals surface area contributed by atoms with E-state index in [1.54, 1.807) is 0 Å². The molecule has 3 atom stereocenters. The van der Waals surface area contributed by atoms with Crippen LogP contribution in [0.3, 0.4) is 0 Å². The Hall–Kier alpha value is -2.04. The van der Waals surface area contributed by atoms with Crippen molar-refractivity contribution in [3.63, 3.8) is 0 Å². The van der Waals surface area contributed by atoms with Gasteiger partial charge in [0.15, 0.2) is 0 Å². The molecule has 0 radical (unpaired) electrons. The fourth-order valence-electron chi connectivity index (χ4n) is 4.29. The Balaban J connectivity index is 1.25. The van der Waals surface area contributed by atoms with Crippen molar-refractivity contribution >= 4 is 23.3 Å². The SMILES string of the molecule is O=C(CC1CC2CCC1C2)Nc1ccc(NC(=O)NC2CC2)cc1. The lowest BCUT2D eigenvalue weighted by Gasteiger charge is -2.20. The molecule has 128 valence electrons. The average Bonchev–Trinajstić information content (AvgIpc) is 3.11. The van der Waals surface area contributed by atoms with Crippen LogP contribution in [0.15, 0.2) is 24.3 Å². The van der Waals surface area contributed by atoms with Crippen LogP contribution in [0.5, 0.6) is 0 Å². The molecule has 1 aromatic carbocycles. The molecule has 3 fully saturated rings. The van der Waals surface area contributed by atoms with E-state index in [1.165, 1.54) is 25.7 Å². The number of amides is 3. The van der Waals surface area contributed by atoms with Gasteiger partial charge in [-0.05, 0) is 74.1 Å². The summed E-state index contributed by atoms with van der Waals surface area (Å²) >= 11 is 0. The normalized spacial score (nSPS) is 27.8. The zero-order valence-electron chi connectivity index (χ0n) is 13.9. The number of anilines is 2. The van der Waals surface area contributed by atoms with Gasteiger partial charge in [0.05, 0.1) is 0 Å². The van der Waals surface area contributed by atoms with Gasteiger partial charge in [-0.15, -0.1) is 0 Å². The van der Waals surface area contributed by atoms with Crippen molar-refractivity contribution in [2.24, 2.45) is 17.8 Å². The lowest BCUT2D eigenvalue weighted by molar-refractivity contribution is -0.117. The maximum Gasteiger partial charge on any atom is 0.319 e. The number of fused-ring (bicyclic) bond motifs is 2. The number of urea groups is 1. The highest BCUT2D eigenvalue weighted by atomic mass is 16.2. The molecule has 1 aromatic rings. The molecule has 24 heavy (non-hydrogen) atoms. The molecule has 0 saturated heterocycles. The Bertz CT molecular complexity index is 624. The Kier molecular flexibility index (Phi) is 4.17. The largest absolute Gasteiger partial charge is 0.335 e. The fraction of sp³-hybridized carbons (Fsp3) is 0.579. The van der Waals surface area contributed by atoms with Crippen LogP contribution in [0, 0.1) is 17.8 Å². The predicted molar refractivity (Wildman–Crippen MR) is 93.8 cm³/mol. The van der Waals surface area contributed by atoms with Crippen molar-refractivity contribution in [3.05, 3.63) is 24.3 Å². The smallest absolute Gasteiger partial charge is 0.319 e. The topological polar surface area (TPSA) is 70.2 Å². The summed E-state index contributed by atoms with van der Waals surface area (Å²) in [6, 6.07) is 7.50. The Morgan fingerprint density at radius 1 is 0.917 bits per heavy atom. The third-order valence-electron chi connectivity index (χ3n) is 5.67. The second-order valence-electron chi connectivity index (χ2n) is 7.64. The van der Waals surface area contributed by atoms with Crippen LogP contribution in [0.4, 0.5) is 16.2 Å². The molecule has 0 heterocycles. The molecule has 3 aliphatic carbocycles. The van der Waals surface area contributed by atoms with E-state index in [1.807, 2.05) is 24.3 Å². The number of carbonyl (C=O) groups is 2. The minimum atomic E-state index is -0.162. The van der Waals surface area contributed by atoms with Crippen LogP contribution < -0.4 is 16.0 Å². The van der Waals surface area contributed by atoms with E-state index in [-0.39, 0.29) is 11.9 Å². The van der Waals surface area contributed by atoms with E-state index in [0.717, 1.165) is 36.1 Å². The lowest BCUT2D eigenvalue weighted by atomic mass is 9.86. The van der Waals surface area contributed by atoms with Gasteiger partial charge in [0.25, 0.3) is 0 Å². The van der Waals surface area contributed by atoms with E-state index in [2.05, 4.69) is 16.0 Å². The molecule has 2 bridgehead atoms. The second kappa shape index (κ2) is 6.46. The van der Waals surface area contributed by atoms with Gasteiger partial charge in [0.1, 0.15) is 0 Å². The summed E-state index contributed by atoms with van der Waals surface area (Å²) in [6.07, 6.45) is 8.03. The van der Waals surface area contributed by atoms with Gasteiger partial charge in [-0.25, -0.2) is 4.79 Å². The number of nitrogens with one attached hydrogen (secondary N) is 3. The molecule has 3 N–H and O–H groups in total. The summed E-state index contributed by atoms with van der Waals surface area (Å²) in [5.41, 5.74) is 1.52. The van der Waals surface area contributed by atoms with Crippen LogP contribution in [0.25, 0.3) is 0 Å². The van der Waals surface area contributed by atoms with Crippen LogP contribution in [0.1, 0.15) is 44.9 Å². The summed E-state index contributed by atoms with van der Waals surface area (Å²) in [5, 5.41) is 8.67. The first-order valence-electron chi connectivity index (χ1n) is 9.13. The highest BCUT2D eigenvalue weighted by Crippen LogP contribution is 2.49. The fourth-order valence-corrected chi connectivity index (χ4v) is 4.29. The van der Waals surface area contributed by atoms with Crippen molar-refractivity contribution in [3.8, 4) is 0 Å². The molecule has 0 aromatic heterocycles. The van der Waals surface area contributed by atoms with Crippen LogP contribution in [-0.2, 0) is 4.79 Å². The number of benzene rings is 1. The van der Waals surface area contributed by atoms with Crippen LogP contribution >= 0.6 is 0 Å². The summed E-state index contributed by atoms with van der Waals surface area (Å²) in [4.78, 5) is 23.9. The molecule has 3 aliphatic rings. The van der Waals surface area contributed by atoms with Gasteiger partial charge in [0.2, 0.25) is 5.91 Å². The average molecular weight is 327 g/mol. The van der Waals surface area contributed by atoms with Crippen LogP contribution in [0.2, 0.25) is 0 Å². The van der Waals surface area contributed by atoms with Crippen molar-refractivity contribution in [2.45, 2.75) is 51.0 Å². The van der Waals surface area contributed by atoms with Gasteiger partial charge in [-0.2, -0.15) is 0 Å². The van der Waals surface area contributed by atoms with E-state index in [9.17, 15) is 9.59 Å². The summed E-state index contributed by atoms with van der Waals surface area (Å²) in [7, 11) is 0. The van der Waals surface area contributed by atoms with E-state index in [0.29, 0.717) is 18.4 Å². The number of carbonyl (C=O) groups excluding carboxylic acids is 2. The van der Waals surface area contributed by atoms with Gasteiger partial charge in [-0.1, -0.05) is 6.42 Å². The Morgan fingerprint density at radius 3 is 2.21 bits per heavy atom. The first-order valence-corrected chi connectivity index (χ1v) is 9.13. The molecule has 5 heteroatoms. The van der Waals surface area contributed by atoms with Gasteiger partial charge >= 0.3 is 6.03 Å². The van der Waals surface area contributed by atoms with Crippen molar-refractivity contribution in [1.82, 2.24) is 5.32 Å². The van der Waals surface area contributed by atoms with Crippen LogP contribution in [-0.4, -0.2) is 18.0 Å². The molecule has 3 unspecified atom stereocenters. The first-order chi connectivity index (χ1) is 11.7. The highest BCUT2D eigenvalue weighted by Gasteiger charge is 2.40. The maximum absolute atomic E-state index is 12.2. The van der Waals surface area contributed by atoms with Crippen molar-refractivity contribution in [2.75, 3.05) is 10.6 Å². The zero-order chi connectivity index (χ0) is 16.5. The third kappa shape index (κ3) is 3.71. The molecular formula is C19H25N3O2. The molecule has 0 aliphatic heterocycles. The third-order valence-corrected chi connectivity index (χ3v) is 5.67. The quantitative estimate of drug-likeness (QED) is 0.771. The molecule has 3 saturated carbocycles. The predicted octanol–water partition coefficient (Wildman–Crippen LogP) is 3.74. The van der Waals surface area contributed by atoms with Crippen molar-refractivity contribution in [1.29, 1.82) is 0 Å². The number of hydrogen-bond acceptors (Lipinski definition) is 2. The number of hydrogen-bond donors (Lipinski definition) is 3. The summed E-state index contributed by atoms with van der Waals surface area (Å²) in [6.45, 7) is 0. The Morgan fingerprint density at radius 2 is 1.62 bits per heavy atom. The Labute approximate surface area is 142 Å². The lowest BCUT2D eigenvalue weighted by Crippen LogP contribution is -2.30. The minimum Gasteiger partial charge on any atom is -0.335 e. The molecule has 3 amide bonds. The first kappa shape index (κ1) is 15.5. The number of rotatable bonds is 5. The summed E-state index contributed by atoms with van der Waals surface area (Å²) < 4.78 is 0. The standard InChI is InChI=1S/C19H25N3O2/c23-18(11-14-10-12-1-2-13(14)9-12)20-15-3-5-16(6-4-15)21-19(24)22-17-7-8-17/h3-6,12-14,17H,1-2,7-11H2,(H,20,23)(H2,21,22,24). The molecule has 4 rings (SSSR count). The van der Waals surface area contributed by atoms with Gasteiger partial charge < -0.3 is 16.0 Å². The van der Waals surface area contributed by atoms with Gasteiger partial charge in [0, 0.05) is 23.8 Å². The van der Waals surface area contributed by atoms with E-state index < -0.39 is 0 Å². The van der Waals surface area contributed by atoms with E-state index in [4.69, 9.17) is 0 Å². The second-order valence-corrected chi connectivity index (χ2v) is 7.64. The van der Waals surface area contributed by atoms with E-state index >= 15 is 0 Å². The molecule has 0 spiro atoms. The monoisotopic (exact) mass is 327 g/mol. The van der Waals surface area contributed by atoms with Gasteiger partial charge in [-0.3, -0.25) is 4.79 Å². The maximum atomic E-state index is 12.2.